The molecule has 0 radical (unpaired) electrons. The molecule has 0 fully saturated rings. The van der Waals surface area contributed by atoms with Gasteiger partial charge in [-0.25, -0.2) is 4.39 Å². The topological polar surface area (TPSA) is 79.5 Å². The van der Waals surface area contributed by atoms with Crippen LogP contribution in [0.2, 0.25) is 0 Å². The van der Waals surface area contributed by atoms with Crippen LogP contribution >= 0.6 is 0 Å². The molecule has 0 heterocycles. The van der Waals surface area contributed by atoms with Gasteiger partial charge in [-0.05, 0) is 37.3 Å². The summed E-state index contributed by atoms with van der Waals surface area (Å²) in [6.45, 7) is 3.55. The number of hydrogen-bond acceptors (Lipinski definition) is 4. The van der Waals surface area contributed by atoms with Crippen molar-refractivity contribution in [1.82, 2.24) is 0 Å². The van der Waals surface area contributed by atoms with E-state index >= 15 is 0 Å². The van der Waals surface area contributed by atoms with E-state index in [9.17, 15) is 14.0 Å². The Labute approximate surface area is 145 Å². The maximum atomic E-state index is 13.8. The van der Waals surface area contributed by atoms with E-state index in [0.29, 0.717) is 23.7 Å². The van der Waals surface area contributed by atoms with Crippen LogP contribution in [0.25, 0.3) is 0 Å². The van der Waals surface area contributed by atoms with Crippen molar-refractivity contribution >= 4 is 28.9 Å². The second kappa shape index (κ2) is 8.68. The molecule has 0 bridgehead atoms. The minimum Gasteiger partial charge on any atom is -0.492 e. The van der Waals surface area contributed by atoms with E-state index in [1.165, 1.54) is 25.1 Å². The average Bonchev–Trinajstić information content (AvgIpc) is 2.57. The number of nitrogens with one attached hydrogen (secondary N) is 3. The first-order valence-corrected chi connectivity index (χ1v) is 7.82. The normalized spacial score (nSPS) is 10.0. The van der Waals surface area contributed by atoms with E-state index in [0.717, 1.165) is 0 Å². The Morgan fingerprint density at radius 2 is 1.84 bits per heavy atom. The predicted octanol–water partition coefficient (Wildman–Crippen LogP) is 3.23. The van der Waals surface area contributed by atoms with E-state index in [4.69, 9.17) is 4.74 Å². The third-order valence-electron chi connectivity index (χ3n) is 3.19. The quantitative estimate of drug-likeness (QED) is 0.720. The fourth-order valence-electron chi connectivity index (χ4n) is 2.16. The molecule has 7 heteroatoms. The van der Waals surface area contributed by atoms with Gasteiger partial charge in [-0.3, -0.25) is 9.59 Å². The van der Waals surface area contributed by atoms with E-state index in [1.807, 2.05) is 13.0 Å². The number of benzene rings is 2. The number of carbonyl (C=O) groups is 2. The van der Waals surface area contributed by atoms with Gasteiger partial charge >= 0.3 is 0 Å². The Hall–Kier alpha value is -3.09. The SMILES string of the molecule is CCOc1ccccc1NC(=O)CNc1cc(NC(C)=O)ccc1F. The molecule has 3 N–H and O–H groups in total. The molecule has 0 saturated carbocycles. The molecule has 25 heavy (non-hydrogen) atoms. The van der Waals surface area contributed by atoms with E-state index in [-0.39, 0.29) is 24.0 Å². The summed E-state index contributed by atoms with van der Waals surface area (Å²) < 4.78 is 19.3. The first-order chi connectivity index (χ1) is 12.0. The number of carbonyl (C=O) groups excluding carboxylic acids is 2. The highest BCUT2D eigenvalue weighted by molar-refractivity contribution is 5.95. The fourth-order valence-corrected chi connectivity index (χ4v) is 2.16. The van der Waals surface area contributed by atoms with Crippen LogP contribution in [0.15, 0.2) is 42.5 Å². The minimum atomic E-state index is -0.517. The van der Waals surface area contributed by atoms with Crippen LogP contribution in [0.4, 0.5) is 21.5 Å². The van der Waals surface area contributed by atoms with Gasteiger partial charge in [-0.1, -0.05) is 12.1 Å². The highest BCUT2D eigenvalue weighted by Crippen LogP contribution is 2.24. The predicted molar refractivity (Wildman–Crippen MR) is 95.4 cm³/mol. The molecule has 0 unspecified atom stereocenters. The highest BCUT2D eigenvalue weighted by Gasteiger charge is 2.09. The molecule has 2 rings (SSSR count). The summed E-state index contributed by atoms with van der Waals surface area (Å²) in [5.74, 6) is -0.562. The summed E-state index contributed by atoms with van der Waals surface area (Å²) in [7, 11) is 0. The first-order valence-electron chi connectivity index (χ1n) is 7.82. The molecule has 2 aromatic rings. The second-order valence-electron chi connectivity index (χ2n) is 5.21. The van der Waals surface area contributed by atoms with Crippen LogP contribution in [-0.4, -0.2) is 25.0 Å². The number of ether oxygens (including phenoxy) is 1. The lowest BCUT2D eigenvalue weighted by Crippen LogP contribution is -2.22. The zero-order valence-corrected chi connectivity index (χ0v) is 14.1. The molecule has 0 aliphatic rings. The molecule has 6 nitrogen and oxygen atoms in total. The smallest absolute Gasteiger partial charge is 0.243 e. The molecule has 0 spiro atoms. The average molecular weight is 345 g/mol. The van der Waals surface area contributed by atoms with Crippen molar-refractivity contribution in [3.8, 4) is 5.75 Å². The molecule has 0 aromatic heterocycles. The molecule has 2 amide bonds. The number of para-hydroxylation sites is 2. The molecule has 2 aromatic carbocycles. The van der Waals surface area contributed by atoms with Gasteiger partial charge in [0.2, 0.25) is 11.8 Å². The lowest BCUT2D eigenvalue weighted by atomic mass is 10.2. The van der Waals surface area contributed by atoms with Gasteiger partial charge in [0.15, 0.2) is 0 Å². The first kappa shape index (κ1) is 18.3. The van der Waals surface area contributed by atoms with Crippen LogP contribution < -0.4 is 20.7 Å². The van der Waals surface area contributed by atoms with Crippen molar-refractivity contribution in [3.05, 3.63) is 48.3 Å². The van der Waals surface area contributed by atoms with Gasteiger partial charge in [0.05, 0.1) is 24.5 Å². The van der Waals surface area contributed by atoms with Crippen molar-refractivity contribution in [2.24, 2.45) is 0 Å². The van der Waals surface area contributed by atoms with Gasteiger partial charge in [0.25, 0.3) is 0 Å². The van der Waals surface area contributed by atoms with Crippen molar-refractivity contribution in [2.45, 2.75) is 13.8 Å². The third kappa shape index (κ3) is 5.49. The highest BCUT2D eigenvalue weighted by atomic mass is 19.1. The Bertz CT molecular complexity index is 765. The van der Waals surface area contributed by atoms with Crippen LogP contribution in [0.5, 0.6) is 5.75 Å². The minimum absolute atomic E-state index is 0.125. The molecule has 0 aliphatic carbocycles. The summed E-state index contributed by atoms with van der Waals surface area (Å²) >= 11 is 0. The summed E-state index contributed by atoms with van der Waals surface area (Å²) in [4.78, 5) is 23.2. The molecule has 0 saturated heterocycles. The van der Waals surface area contributed by atoms with Gasteiger partial charge in [0.1, 0.15) is 11.6 Å². The lowest BCUT2D eigenvalue weighted by Gasteiger charge is -2.13. The number of rotatable bonds is 7. The molecular weight excluding hydrogens is 325 g/mol. The summed E-state index contributed by atoms with van der Waals surface area (Å²) in [5, 5.41) is 7.99. The van der Waals surface area contributed by atoms with Crippen molar-refractivity contribution in [1.29, 1.82) is 0 Å². The van der Waals surface area contributed by atoms with Crippen LogP contribution in [0.1, 0.15) is 13.8 Å². The van der Waals surface area contributed by atoms with Gasteiger partial charge in [-0.15, -0.1) is 0 Å². The summed E-state index contributed by atoms with van der Waals surface area (Å²) in [5.41, 5.74) is 1.11. The Balaban J connectivity index is 1.99. The monoisotopic (exact) mass is 345 g/mol. The zero-order chi connectivity index (χ0) is 18.2. The fraction of sp³-hybridized carbons (Fsp3) is 0.222. The van der Waals surface area contributed by atoms with Crippen molar-refractivity contribution in [2.75, 3.05) is 29.1 Å². The second-order valence-corrected chi connectivity index (χ2v) is 5.21. The number of anilines is 3. The Kier molecular flexibility index (Phi) is 6.33. The summed E-state index contributed by atoms with van der Waals surface area (Å²) in [6.07, 6.45) is 0. The van der Waals surface area contributed by atoms with Crippen LogP contribution in [-0.2, 0) is 9.59 Å². The number of amides is 2. The van der Waals surface area contributed by atoms with Crippen LogP contribution in [0, 0.1) is 5.82 Å². The van der Waals surface area contributed by atoms with Gasteiger partial charge in [-0.2, -0.15) is 0 Å². The maximum absolute atomic E-state index is 13.8. The Morgan fingerprint density at radius 3 is 2.56 bits per heavy atom. The number of halogens is 1. The van der Waals surface area contributed by atoms with Crippen molar-refractivity contribution in [3.63, 3.8) is 0 Å². The standard InChI is InChI=1S/C18H20FN3O3/c1-3-25-17-7-5-4-6-15(17)22-18(24)11-20-16-10-13(21-12(2)23)8-9-14(16)19/h4-10,20H,3,11H2,1-2H3,(H,21,23)(H,22,24). The molecule has 132 valence electrons. The largest absolute Gasteiger partial charge is 0.492 e. The zero-order valence-electron chi connectivity index (χ0n) is 14.1. The Morgan fingerprint density at radius 1 is 1.08 bits per heavy atom. The van der Waals surface area contributed by atoms with Gasteiger partial charge in [0, 0.05) is 12.6 Å². The maximum Gasteiger partial charge on any atom is 0.243 e. The van der Waals surface area contributed by atoms with Crippen molar-refractivity contribution < 1.29 is 18.7 Å². The van der Waals surface area contributed by atoms with Gasteiger partial charge < -0.3 is 20.7 Å². The third-order valence-corrected chi connectivity index (χ3v) is 3.19. The molecule has 0 atom stereocenters. The molecular formula is C18H20FN3O3. The number of hydrogen-bond donors (Lipinski definition) is 3. The summed E-state index contributed by atoms with van der Waals surface area (Å²) in [6, 6.07) is 11.2. The van der Waals surface area contributed by atoms with E-state index < -0.39 is 5.82 Å². The van der Waals surface area contributed by atoms with Crippen LogP contribution in [0.3, 0.4) is 0 Å². The molecule has 0 aliphatic heterocycles. The van der Waals surface area contributed by atoms with E-state index in [1.54, 1.807) is 18.2 Å². The lowest BCUT2D eigenvalue weighted by molar-refractivity contribution is -0.115. The van der Waals surface area contributed by atoms with E-state index in [2.05, 4.69) is 16.0 Å².